The van der Waals surface area contributed by atoms with Gasteiger partial charge in [0, 0.05) is 11.1 Å². The van der Waals surface area contributed by atoms with Crippen molar-refractivity contribution in [1.29, 1.82) is 0 Å². The molecule has 1 aromatic rings. The molecule has 2 aliphatic carbocycles. The van der Waals surface area contributed by atoms with Crippen LogP contribution in [0.4, 0.5) is 13.2 Å². The number of carboxylic acids is 1. The normalized spacial score (nSPS) is 11.5. The molecule has 0 aliphatic heterocycles. The van der Waals surface area contributed by atoms with E-state index < -0.39 is 23.5 Å². The van der Waals surface area contributed by atoms with Crippen LogP contribution in [0.5, 0.6) is 0 Å². The van der Waals surface area contributed by atoms with E-state index in [1.165, 1.54) is 18.2 Å². The maximum Gasteiger partial charge on any atom is 0.416 e. The Balaban J connectivity index is 1.99. The van der Waals surface area contributed by atoms with Crippen molar-refractivity contribution in [2.24, 2.45) is 0 Å². The number of hydrogen-bond donors (Lipinski definition) is 1. The molecule has 3 nitrogen and oxygen atoms in total. The summed E-state index contributed by atoms with van der Waals surface area (Å²) in [4.78, 5) is 23.6. The minimum absolute atomic E-state index is 0.0733. The molecular formula is C19H11F3O3. The largest absolute Gasteiger partial charge is 0.478 e. The van der Waals surface area contributed by atoms with Crippen LogP contribution in [0.1, 0.15) is 31.8 Å². The Morgan fingerprint density at radius 2 is 1.32 bits per heavy atom. The standard InChI is InChI=1S/C19H11F3O3/c20-19(21,22)14-7-3-12(4-8-14)17(23)16-10-5-11-1-2-13(18(24)25)6-9-15(11)16/h1-10H,(H,24,25). The monoisotopic (exact) mass is 344 g/mol. The number of carboxylic acid groups (broad SMARTS) is 1. The predicted molar refractivity (Wildman–Crippen MR) is 84.9 cm³/mol. The van der Waals surface area contributed by atoms with Crippen LogP contribution < -0.4 is 0 Å². The van der Waals surface area contributed by atoms with E-state index in [-0.39, 0.29) is 11.1 Å². The van der Waals surface area contributed by atoms with Crippen LogP contribution in [-0.4, -0.2) is 16.9 Å². The molecular weight excluding hydrogens is 333 g/mol. The van der Waals surface area contributed by atoms with Crippen molar-refractivity contribution in [2.45, 2.75) is 6.18 Å². The lowest BCUT2D eigenvalue weighted by Crippen LogP contribution is -2.06. The Morgan fingerprint density at radius 3 is 1.92 bits per heavy atom. The van der Waals surface area contributed by atoms with Crippen LogP contribution in [0, 0.1) is 0 Å². The van der Waals surface area contributed by atoms with E-state index in [0.29, 0.717) is 16.7 Å². The highest BCUT2D eigenvalue weighted by atomic mass is 19.4. The zero-order valence-corrected chi connectivity index (χ0v) is 12.7. The van der Waals surface area contributed by atoms with Gasteiger partial charge < -0.3 is 5.11 Å². The minimum atomic E-state index is -4.46. The highest BCUT2D eigenvalue weighted by molar-refractivity contribution is 6.13. The van der Waals surface area contributed by atoms with E-state index >= 15 is 0 Å². The maximum absolute atomic E-state index is 12.6. The molecule has 2 aliphatic rings. The molecule has 0 radical (unpaired) electrons. The third-order valence-corrected chi connectivity index (χ3v) is 3.87. The molecule has 0 bridgehead atoms. The molecule has 0 unspecified atom stereocenters. The Morgan fingerprint density at radius 1 is 0.760 bits per heavy atom. The lowest BCUT2D eigenvalue weighted by molar-refractivity contribution is -0.137. The Labute approximate surface area is 140 Å². The summed E-state index contributed by atoms with van der Waals surface area (Å²) >= 11 is 0. The summed E-state index contributed by atoms with van der Waals surface area (Å²) in [6.45, 7) is 0. The van der Waals surface area contributed by atoms with Gasteiger partial charge in [0.1, 0.15) is 0 Å². The molecule has 0 atom stereocenters. The van der Waals surface area contributed by atoms with Crippen LogP contribution in [0.25, 0.3) is 11.1 Å². The van der Waals surface area contributed by atoms with Gasteiger partial charge in [-0.05, 0) is 41.5 Å². The van der Waals surface area contributed by atoms with Gasteiger partial charge in [0.05, 0.1) is 11.1 Å². The molecule has 0 amide bonds. The van der Waals surface area contributed by atoms with Gasteiger partial charge in [0.25, 0.3) is 0 Å². The van der Waals surface area contributed by atoms with E-state index in [9.17, 15) is 22.8 Å². The van der Waals surface area contributed by atoms with Gasteiger partial charge in [-0.25, -0.2) is 4.79 Å². The fourth-order valence-electron chi connectivity index (χ4n) is 2.55. The first kappa shape index (κ1) is 16.7. The van der Waals surface area contributed by atoms with Gasteiger partial charge in [-0.3, -0.25) is 4.79 Å². The average molecular weight is 344 g/mol. The second-order valence-corrected chi connectivity index (χ2v) is 5.45. The smallest absolute Gasteiger partial charge is 0.416 e. The molecule has 3 rings (SSSR count). The molecule has 1 N–H and O–H groups in total. The molecule has 25 heavy (non-hydrogen) atoms. The summed E-state index contributed by atoms with van der Waals surface area (Å²) in [5.41, 5.74) is 0.894. The number of aromatic carboxylic acids is 1. The zero-order valence-electron chi connectivity index (χ0n) is 12.7. The van der Waals surface area contributed by atoms with E-state index in [4.69, 9.17) is 5.11 Å². The summed E-state index contributed by atoms with van der Waals surface area (Å²) < 4.78 is 37.8. The van der Waals surface area contributed by atoms with Crippen LogP contribution >= 0.6 is 0 Å². The fourth-order valence-corrected chi connectivity index (χ4v) is 2.55. The van der Waals surface area contributed by atoms with Gasteiger partial charge in [0.15, 0.2) is 5.78 Å². The minimum Gasteiger partial charge on any atom is -0.478 e. The van der Waals surface area contributed by atoms with Crippen LogP contribution in [0.3, 0.4) is 0 Å². The van der Waals surface area contributed by atoms with Crippen LogP contribution in [0.2, 0.25) is 0 Å². The molecule has 126 valence electrons. The SMILES string of the molecule is O=C(O)c1ccc2ccc(C(=O)c3ccc(C(F)(F)F)cc3)c-2cc1. The molecule has 6 heteroatoms. The second kappa shape index (κ2) is 6.05. The number of fused-ring (bicyclic) bond motifs is 1. The van der Waals surface area contributed by atoms with Crippen molar-refractivity contribution in [1.82, 2.24) is 0 Å². The van der Waals surface area contributed by atoms with Gasteiger partial charge >= 0.3 is 12.1 Å². The summed E-state index contributed by atoms with van der Waals surface area (Å²) in [5.74, 6) is -1.51. The van der Waals surface area contributed by atoms with Gasteiger partial charge in [-0.2, -0.15) is 13.2 Å². The first-order valence-electron chi connectivity index (χ1n) is 7.25. The van der Waals surface area contributed by atoms with Crippen molar-refractivity contribution in [3.05, 3.63) is 82.9 Å². The lowest BCUT2D eigenvalue weighted by Gasteiger charge is -2.07. The van der Waals surface area contributed by atoms with E-state index in [0.717, 1.165) is 24.3 Å². The van der Waals surface area contributed by atoms with Gasteiger partial charge in [-0.15, -0.1) is 0 Å². The van der Waals surface area contributed by atoms with Crippen LogP contribution in [0.15, 0.2) is 60.7 Å². The topological polar surface area (TPSA) is 54.4 Å². The third-order valence-electron chi connectivity index (χ3n) is 3.87. The molecule has 0 saturated carbocycles. The zero-order chi connectivity index (χ0) is 18.2. The molecule has 0 spiro atoms. The molecule has 0 aromatic heterocycles. The summed E-state index contributed by atoms with van der Waals surface area (Å²) in [6, 6.07) is 13.2. The van der Waals surface area contributed by atoms with Gasteiger partial charge in [0.2, 0.25) is 0 Å². The first-order valence-corrected chi connectivity index (χ1v) is 7.25. The summed E-state index contributed by atoms with van der Waals surface area (Å²) in [7, 11) is 0. The van der Waals surface area contributed by atoms with Crippen molar-refractivity contribution in [2.75, 3.05) is 0 Å². The van der Waals surface area contributed by atoms with Crippen molar-refractivity contribution in [3.63, 3.8) is 0 Å². The van der Waals surface area contributed by atoms with E-state index in [2.05, 4.69) is 0 Å². The van der Waals surface area contributed by atoms with E-state index in [1.54, 1.807) is 18.2 Å². The number of carbonyl (C=O) groups is 2. The molecule has 0 saturated heterocycles. The number of hydrogen-bond acceptors (Lipinski definition) is 2. The number of ketones is 1. The Kier molecular flexibility index (Phi) is 4.04. The second-order valence-electron chi connectivity index (χ2n) is 5.45. The van der Waals surface area contributed by atoms with E-state index in [1.807, 2.05) is 0 Å². The van der Waals surface area contributed by atoms with Crippen molar-refractivity contribution in [3.8, 4) is 11.1 Å². The Hall–Kier alpha value is -3.15. The summed E-state index contributed by atoms with van der Waals surface area (Å²) in [5, 5.41) is 9.03. The number of halogens is 3. The lowest BCUT2D eigenvalue weighted by atomic mass is 10.00. The molecule has 0 fully saturated rings. The number of carbonyl (C=O) groups excluding carboxylic acids is 1. The molecule has 1 aromatic carbocycles. The number of alkyl halides is 3. The highest BCUT2D eigenvalue weighted by Gasteiger charge is 2.30. The van der Waals surface area contributed by atoms with Crippen LogP contribution in [-0.2, 0) is 6.18 Å². The molecule has 0 heterocycles. The number of benzene rings is 1. The average Bonchev–Trinajstić information content (AvgIpc) is 2.84. The quantitative estimate of drug-likeness (QED) is 0.698. The fraction of sp³-hybridized carbons (Fsp3) is 0.0526. The first-order chi connectivity index (χ1) is 11.8. The van der Waals surface area contributed by atoms with Crippen molar-refractivity contribution >= 4 is 11.8 Å². The highest BCUT2D eigenvalue weighted by Crippen LogP contribution is 2.31. The summed E-state index contributed by atoms with van der Waals surface area (Å²) in [6.07, 6.45) is -4.46. The predicted octanol–water partition coefficient (Wildman–Crippen LogP) is 4.74. The van der Waals surface area contributed by atoms with Gasteiger partial charge in [-0.1, -0.05) is 30.3 Å². The maximum atomic E-state index is 12.6. The third kappa shape index (κ3) is 3.24. The van der Waals surface area contributed by atoms with Crippen molar-refractivity contribution < 1.29 is 27.9 Å². The number of rotatable bonds is 3. The Bertz CT molecular complexity index is 927.